The Hall–Kier alpha value is -2.02. The molecule has 5 nitrogen and oxygen atoms in total. The van der Waals surface area contributed by atoms with E-state index in [4.69, 9.17) is 0 Å². The summed E-state index contributed by atoms with van der Waals surface area (Å²) in [6.07, 6.45) is 2.51. The summed E-state index contributed by atoms with van der Waals surface area (Å²) < 4.78 is 27.5. The van der Waals surface area contributed by atoms with Crippen molar-refractivity contribution in [2.45, 2.75) is 19.3 Å². The average Bonchev–Trinajstić information content (AvgIpc) is 3.13. The molecule has 1 aromatic carbocycles. The average molecular weight is 351 g/mol. The van der Waals surface area contributed by atoms with Gasteiger partial charge >= 0.3 is 0 Å². The Morgan fingerprint density at radius 1 is 1.08 bits per heavy atom. The molecule has 2 fully saturated rings. The first-order chi connectivity index (χ1) is 12.1. The van der Waals surface area contributed by atoms with E-state index in [-0.39, 0.29) is 5.91 Å². The van der Waals surface area contributed by atoms with Gasteiger partial charge in [-0.05, 0) is 44.0 Å². The molecule has 1 N–H and O–H groups in total. The zero-order valence-corrected chi connectivity index (χ0v) is 14.1. The molecule has 7 heteroatoms. The summed E-state index contributed by atoms with van der Waals surface area (Å²) in [5.74, 6) is -1.70. The zero-order valence-electron chi connectivity index (χ0n) is 14.1. The molecule has 25 heavy (non-hydrogen) atoms. The fourth-order valence-electron chi connectivity index (χ4n) is 3.47. The van der Waals surface area contributed by atoms with Crippen molar-refractivity contribution in [1.29, 1.82) is 0 Å². The highest BCUT2D eigenvalue weighted by Crippen LogP contribution is 2.18. The molecule has 2 saturated heterocycles. The summed E-state index contributed by atoms with van der Waals surface area (Å²) in [6, 6.07) is 3.39. The van der Waals surface area contributed by atoms with E-state index in [1.807, 2.05) is 0 Å². The van der Waals surface area contributed by atoms with Gasteiger partial charge in [-0.2, -0.15) is 0 Å². The Balaban J connectivity index is 1.51. The quantitative estimate of drug-likeness (QED) is 0.897. The van der Waals surface area contributed by atoms with E-state index in [1.165, 1.54) is 11.0 Å². The molecule has 0 saturated carbocycles. The maximum Gasteiger partial charge on any atom is 0.259 e. The number of rotatable bonds is 4. The molecule has 0 aromatic heterocycles. The highest BCUT2D eigenvalue weighted by molar-refractivity contribution is 5.95. The van der Waals surface area contributed by atoms with Gasteiger partial charge in [-0.25, -0.2) is 8.78 Å². The van der Waals surface area contributed by atoms with Crippen molar-refractivity contribution in [1.82, 2.24) is 15.1 Å². The molecule has 0 radical (unpaired) electrons. The van der Waals surface area contributed by atoms with Crippen LogP contribution in [0.4, 0.5) is 8.78 Å². The predicted molar refractivity (Wildman–Crippen MR) is 89.1 cm³/mol. The van der Waals surface area contributed by atoms with E-state index in [9.17, 15) is 18.4 Å². The second-order valence-electron chi connectivity index (χ2n) is 6.67. The molecule has 2 aliphatic heterocycles. The van der Waals surface area contributed by atoms with Gasteiger partial charge < -0.3 is 15.1 Å². The van der Waals surface area contributed by atoms with Gasteiger partial charge in [0.25, 0.3) is 5.91 Å². The van der Waals surface area contributed by atoms with Gasteiger partial charge in [0.2, 0.25) is 5.91 Å². The van der Waals surface area contributed by atoms with Gasteiger partial charge in [0, 0.05) is 32.6 Å². The predicted octanol–water partition coefficient (Wildman–Crippen LogP) is 1.64. The first-order valence-corrected chi connectivity index (χ1v) is 8.78. The van der Waals surface area contributed by atoms with Crippen LogP contribution in [-0.2, 0) is 4.79 Å². The summed E-state index contributed by atoms with van der Waals surface area (Å²) in [4.78, 5) is 27.8. The molecule has 2 amide bonds. The normalized spacial score (nSPS) is 20.8. The fourth-order valence-corrected chi connectivity index (χ4v) is 3.47. The molecule has 0 spiro atoms. The lowest BCUT2D eigenvalue weighted by Crippen LogP contribution is -2.50. The molecule has 1 aromatic rings. The van der Waals surface area contributed by atoms with Crippen molar-refractivity contribution in [2.24, 2.45) is 5.92 Å². The molecule has 2 aliphatic rings. The largest absolute Gasteiger partial charge is 0.339 e. The fraction of sp³-hybridized carbons (Fsp3) is 0.556. The lowest BCUT2D eigenvalue weighted by atomic mass is 10.0. The third-order valence-corrected chi connectivity index (χ3v) is 5.03. The Bertz CT molecular complexity index is 619. The number of piperazine rings is 1. The van der Waals surface area contributed by atoms with Gasteiger partial charge in [0.15, 0.2) is 0 Å². The van der Waals surface area contributed by atoms with Crippen LogP contribution in [0.2, 0.25) is 0 Å². The Morgan fingerprint density at radius 3 is 2.32 bits per heavy atom. The number of carbonyl (C=O) groups is 2. The number of nitrogens with one attached hydrogen (secondary N) is 1. The van der Waals surface area contributed by atoms with Crippen LogP contribution in [0.3, 0.4) is 0 Å². The lowest BCUT2D eigenvalue weighted by Gasteiger charge is -2.35. The Kier molecular flexibility index (Phi) is 5.63. The first-order valence-electron chi connectivity index (χ1n) is 8.78. The zero-order chi connectivity index (χ0) is 17.8. The summed E-state index contributed by atoms with van der Waals surface area (Å²) in [5, 5.41) is 3.29. The summed E-state index contributed by atoms with van der Waals surface area (Å²) >= 11 is 0. The van der Waals surface area contributed by atoms with E-state index >= 15 is 0 Å². The summed E-state index contributed by atoms with van der Waals surface area (Å²) in [5.41, 5.74) is -0.518. The third-order valence-electron chi connectivity index (χ3n) is 5.03. The van der Waals surface area contributed by atoms with Gasteiger partial charge in [-0.1, -0.05) is 6.07 Å². The lowest BCUT2D eigenvalue weighted by molar-refractivity contribution is -0.133. The molecular formula is C18H23F2N3O2. The highest BCUT2D eigenvalue weighted by Gasteiger charge is 2.28. The monoisotopic (exact) mass is 351 g/mol. The summed E-state index contributed by atoms with van der Waals surface area (Å²) in [6.45, 7) is 3.40. The molecule has 136 valence electrons. The van der Waals surface area contributed by atoms with Crippen molar-refractivity contribution >= 4 is 11.8 Å². The van der Waals surface area contributed by atoms with Crippen LogP contribution >= 0.6 is 0 Å². The van der Waals surface area contributed by atoms with Crippen molar-refractivity contribution in [2.75, 3.05) is 39.3 Å². The number of nitrogens with zero attached hydrogens (tertiary/aromatic N) is 2. The van der Waals surface area contributed by atoms with Crippen molar-refractivity contribution < 1.29 is 18.4 Å². The number of halogens is 2. The van der Waals surface area contributed by atoms with Crippen LogP contribution in [0.15, 0.2) is 18.2 Å². The van der Waals surface area contributed by atoms with Gasteiger partial charge in [-0.3, -0.25) is 9.59 Å². The molecular weight excluding hydrogens is 328 g/mol. The maximum absolute atomic E-state index is 13.8. The number of carbonyl (C=O) groups excluding carboxylic acids is 2. The van der Waals surface area contributed by atoms with E-state index in [2.05, 4.69) is 5.32 Å². The van der Waals surface area contributed by atoms with Crippen LogP contribution in [-0.4, -0.2) is 60.9 Å². The molecule has 2 heterocycles. The number of amides is 2. The van der Waals surface area contributed by atoms with Crippen molar-refractivity contribution in [3.63, 3.8) is 0 Å². The van der Waals surface area contributed by atoms with Crippen LogP contribution in [0.1, 0.15) is 29.6 Å². The Labute approximate surface area is 146 Å². The molecule has 1 unspecified atom stereocenters. The van der Waals surface area contributed by atoms with Crippen LogP contribution in [0.5, 0.6) is 0 Å². The second kappa shape index (κ2) is 7.91. The number of hydrogen-bond acceptors (Lipinski definition) is 3. The van der Waals surface area contributed by atoms with Crippen molar-refractivity contribution in [3.8, 4) is 0 Å². The maximum atomic E-state index is 13.8. The SMILES string of the molecule is O=C(CCC1CCNC1)N1CCN(C(=O)c2c(F)cccc2F)CC1. The minimum atomic E-state index is -0.853. The minimum absolute atomic E-state index is 0.0936. The number of benzene rings is 1. The van der Waals surface area contributed by atoms with Gasteiger partial charge in [0.1, 0.15) is 17.2 Å². The standard InChI is InChI=1S/C18H23F2N3O2/c19-14-2-1-3-15(20)17(14)18(25)23-10-8-22(9-11-23)16(24)5-4-13-6-7-21-12-13/h1-3,13,21H,4-12H2. The third kappa shape index (κ3) is 4.15. The minimum Gasteiger partial charge on any atom is -0.339 e. The van der Waals surface area contributed by atoms with Crippen LogP contribution < -0.4 is 5.32 Å². The van der Waals surface area contributed by atoms with Crippen LogP contribution in [0.25, 0.3) is 0 Å². The second-order valence-corrected chi connectivity index (χ2v) is 6.67. The highest BCUT2D eigenvalue weighted by atomic mass is 19.1. The molecule has 3 rings (SSSR count). The van der Waals surface area contributed by atoms with E-state index in [0.717, 1.165) is 38.1 Å². The van der Waals surface area contributed by atoms with Gasteiger partial charge in [0.05, 0.1) is 0 Å². The molecule has 0 aliphatic carbocycles. The van der Waals surface area contributed by atoms with Crippen molar-refractivity contribution in [3.05, 3.63) is 35.4 Å². The Morgan fingerprint density at radius 2 is 1.72 bits per heavy atom. The van der Waals surface area contributed by atoms with Gasteiger partial charge in [-0.15, -0.1) is 0 Å². The van der Waals surface area contributed by atoms with E-state index in [1.54, 1.807) is 4.90 Å². The first kappa shape index (κ1) is 17.8. The summed E-state index contributed by atoms with van der Waals surface area (Å²) in [7, 11) is 0. The van der Waals surface area contributed by atoms with E-state index in [0.29, 0.717) is 38.5 Å². The topological polar surface area (TPSA) is 52.7 Å². The molecule has 1 atom stereocenters. The molecule has 0 bridgehead atoms. The van der Waals surface area contributed by atoms with Crippen LogP contribution in [0, 0.1) is 17.6 Å². The van der Waals surface area contributed by atoms with E-state index < -0.39 is 23.1 Å². The smallest absolute Gasteiger partial charge is 0.259 e. The number of hydrogen-bond donors (Lipinski definition) is 1.